The van der Waals surface area contributed by atoms with E-state index >= 15 is 0 Å². The zero-order chi connectivity index (χ0) is 19.7. The highest BCUT2D eigenvalue weighted by atomic mass is 35.5. The van der Waals surface area contributed by atoms with Crippen LogP contribution in [-0.4, -0.2) is 40.4 Å². The fourth-order valence-corrected chi connectivity index (χ4v) is 4.56. The number of hydrogen-bond donors (Lipinski definition) is 0. The summed E-state index contributed by atoms with van der Waals surface area (Å²) in [5.74, 6) is 2.14. The summed E-state index contributed by atoms with van der Waals surface area (Å²) in [6.45, 7) is 7.50. The Kier molecular flexibility index (Phi) is 5.28. The number of likely N-dealkylation sites (tertiary alicyclic amines) is 1. The number of carbonyl (C=O) groups excluding carboxylic acids is 1. The highest BCUT2D eigenvalue weighted by molar-refractivity contribution is 6.30. The van der Waals surface area contributed by atoms with Gasteiger partial charge in [-0.3, -0.25) is 4.79 Å². The van der Waals surface area contributed by atoms with Crippen molar-refractivity contribution in [1.29, 1.82) is 0 Å². The van der Waals surface area contributed by atoms with E-state index in [1.807, 2.05) is 36.1 Å². The van der Waals surface area contributed by atoms with Crippen molar-refractivity contribution in [1.82, 2.24) is 14.9 Å². The Labute approximate surface area is 171 Å². The van der Waals surface area contributed by atoms with Crippen LogP contribution >= 0.6 is 11.6 Å². The molecule has 4 rings (SSSR count). The molecule has 0 N–H and O–H groups in total. The molecule has 1 spiro atoms. The molecule has 2 fully saturated rings. The van der Waals surface area contributed by atoms with Gasteiger partial charge in [0.25, 0.3) is 0 Å². The van der Waals surface area contributed by atoms with E-state index in [0.717, 1.165) is 66.8 Å². The number of halogens is 1. The molecule has 6 heteroatoms. The third-order valence-electron chi connectivity index (χ3n) is 6.08. The van der Waals surface area contributed by atoms with Gasteiger partial charge in [0.05, 0.1) is 0 Å². The molecular formula is C22H27ClN4O. The first-order valence-corrected chi connectivity index (χ1v) is 10.5. The minimum absolute atomic E-state index is 0.107. The molecule has 2 aromatic rings. The van der Waals surface area contributed by atoms with E-state index in [1.165, 1.54) is 0 Å². The first kappa shape index (κ1) is 19.2. The number of nitrogens with zero attached hydrogens (tertiary/aromatic N) is 4. The molecule has 0 bridgehead atoms. The summed E-state index contributed by atoms with van der Waals surface area (Å²) >= 11 is 5.97. The number of aryl methyl sites for hydroxylation is 2. The maximum atomic E-state index is 12.7. The van der Waals surface area contributed by atoms with Crippen LogP contribution in [-0.2, 0) is 17.8 Å². The Morgan fingerprint density at radius 1 is 1.14 bits per heavy atom. The number of rotatable bonds is 4. The van der Waals surface area contributed by atoms with Crippen LogP contribution < -0.4 is 4.90 Å². The predicted molar refractivity (Wildman–Crippen MR) is 112 cm³/mol. The average molecular weight is 399 g/mol. The van der Waals surface area contributed by atoms with Crippen LogP contribution in [0, 0.1) is 12.3 Å². The molecule has 3 heterocycles. The SMILES string of the molecule is CCc1cc(N2CCC3(CC2)CC(=O)N(Cc2ccc(Cl)cc2)C3)nc(C)n1. The number of hydrogen-bond acceptors (Lipinski definition) is 4. The van der Waals surface area contributed by atoms with E-state index in [0.29, 0.717) is 13.0 Å². The first-order valence-electron chi connectivity index (χ1n) is 10.1. The van der Waals surface area contributed by atoms with E-state index in [2.05, 4.69) is 27.9 Å². The Bertz CT molecular complexity index is 859. The maximum Gasteiger partial charge on any atom is 0.223 e. The van der Waals surface area contributed by atoms with E-state index in [1.54, 1.807) is 0 Å². The van der Waals surface area contributed by atoms with Gasteiger partial charge in [-0.05, 0) is 43.9 Å². The normalized spacial score (nSPS) is 18.9. The molecule has 0 unspecified atom stereocenters. The zero-order valence-corrected chi connectivity index (χ0v) is 17.4. The van der Waals surface area contributed by atoms with Gasteiger partial charge in [0.2, 0.25) is 5.91 Å². The van der Waals surface area contributed by atoms with E-state index in [4.69, 9.17) is 11.6 Å². The van der Waals surface area contributed by atoms with Crippen molar-refractivity contribution in [3.05, 3.63) is 52.4 Å². The molecule has 5 nitrogen and oxygen atoms in total. The second-order valence-corrected chi connectivity index (χ2v) is 8.59. The lowest BCUT2D eigenvalue weighted by Gasteiger charge is -2.39. The summed E-state index contributed by atoms with van der Waals surface area (Å²) < 4.78 is 0. The Morgan fingerprint density at radius 3 is 2.54 bits per heavy atom. The summed E-state index contributed by atoms with van der Waals surface area (Å²) in [5.41, 5.74) is 2.33. The Hall–Kier alpha value is -2.14. The first-order chi connectivity index (χ1) is 13.5. The van der Waals surface area contributed by atoms with Gasteiger partial charge in [0.1, 0.15) is 11.6 Å². The van der Waals surface area contributed by atoms with Crippen molar-refractivity contribution < 1.29 is 4.79 Å². The van der Waals surface area contributed by atoms with Crippen molar-refractivity contribution in [3.8, 4) is 0 Å². The maximum absolute atomic E-state index is 12.7. The van der Waals surface area contributed by atoms with Crippen LogP contribution in [0.5, 0.6) is 0 Å². The average Bonchev–Trinajstić information content (AvgIpc) is 2.98. The fourth-order valence-electron chi connectivity index (χ4n) is 4.44. The van der Waals surface area contributed by atoms with Gasteiger partial charge < -0.3 is 9.80 Å². The summed E-state index contributed by atoms with van der Waals surface area (Å²) in [5, 5.41) is 0.728. The molecular weight excluding hydrogens is 372 g/mol. The minimum atomic E-state index is 0.107. The number of anilines is 1. The molecule has 0 saturated carbocycles. The molecule has 1 amide bonds. The van der Waals surface area contributed by atoms with E-state index in [-0.39, 0.29) is 11.3 Å². The molecule has 2 aliphatic heterocycles. The number of carbonyl (C=O) groups is 1. The number of aromatic nitrogens is 2. The summed E-state index contributed by atoms with van der Waals surface area (Å²) in [7, 11) is 0. The standard InChI is InChI=1S/C22H27ClN4O/c1-3-19-12-20(25-16(2)24-19)26-10-8-22(9-11-26)13-21(28)27(15-22)14-17-4-6-18(23)7-5-17/h4-7,12H,3,8-11,13-15H2,1-2H3. The smallest absolute Gasteiger partial charge is 0.223 e. The predicted octanol–water partition coefficient (Wildman–Crippen LogP) is 4.02. The van der Waals surface area contributed by atoms with Crippen molar-refractivity contribution in [2.24, 2.45) is 5.41 Å². The molecule has 1 aromatic carbocycles. The molecule has 2 saturated heterocycles. The van der Waals surface area contributed by atoms with Gasteiger partial charge in [-0.25, -0.2) is 9.97 Å². The number of piperidine rings is 1. The van der Waals surface area contributed by atoms with Gasteiger partial charge in [-0.1, -0.05) is 30.7 Å². The van der Waals surface area contributed by atoms with Gasteiger partial charge in [-0.2, -0.15) is 0 Å². The Balaban J connectivity index is 1.41. The monoisotopic (exact) mass is 398 g/mol. The molecule has 28 heavy (non-hydrogen) atoms. The van der Waals surface area contributed by atoms with Crippen LogP contribution in [0.4, 0.5) is 5.82 Å². The topological polar surface area (TPSA) is 49.3 Å². The van der Waals surface area contributed by atoms with Crippen molar-refractivity contribution in [2.45, 2.75) is 46.1 Å². The zero-order valence-electron chi connectivity index (χ0n) is 16.6. The summed E-state index contributed by atoms with van der Waals surface area (Å²) in [6, 6.07) is 9.90. The lowest BCUT2D eigenvalue weighted by atomic mass is 9.77. The third-order valence-corrected chi connectivity index (χ3v) is 6.33. The minimum Gasteiger partial charge on any atom is -0.356 e. The Morgan fingerprint density at radius 2 is 1.86 bits per heavy atom. The van der Waals surface area contributed by atoms with Crippen molar-refractivity contribution >= 4 is 23.3 Å². The highest BCUT2D eigenvalue weighted by Gasteiger charge is 2.44. The van der Waals surface area contributed by atoms with Crippen LogP contribution in [0.2, 0.25) is 5.02 Å². The summed E-state index contributed by atoms with van der Waals surface area (Å²) in [6.07, 6.45) is 3.64. The van der Waals surface area contributed by atoms with Gasteiger partial charge in [-0.15, -0.1) is 0 Å². The molecule has 1 aromatic heterocycles. The largest absolute Gasteiger partial charge is 0.356 e. The van der Waals surface area contributed by atoms with E-state index in [9.17, 15) is 4.79 Å². The van der Waals surface area contributed by atoms with Crippen LogP contribution in [0.1, 0.15) is 43.3 Å². The molecule has 0 radical (unpaired) electrons. The van der Waals surface area contributed by atoms with Gasteiger partial charge in [0.15, 0.2) is 0 Å². The third kappa shape index (κ3) is 4.00. The lowest BCUT2D eigenvalue weighted by Crippen LogP contribution is -2.42. The molecule has 0 atom stereocenters. The van der Waals surface area contributed by atoms with Gasteiger partial charge >= 0.3 is 0 Å². The summed E-state index contributed by atoms with van der Waals surface area (Å²) in [4.78, 5) is 26.2. The lowest BCUT2D eigenvalue weighted by molar-refractivity contribution is -0.128. The number of benzene rings is 1. The van der Waals surface area contributed by atoms with Gasteiger partial charge in [0, 0.05) is 54.8 Å². The quantitative estimate of drug-likeness (QED) is 0.780. The highest BCUT2D eigenvalue weighted by Crippen LogP contribution is 2.42. The van der Waals surface area contributed by atoms with Crippen molar-refractivity contribution in [3.63, 3.8) is 0 Å². The van der Waals surface area contributed by atoms with Crippen LogP contribution in [0.3, 0.4) is 0 Å². The molecule has 148 valence electrons. The number of amides is 1. The fraction of sp³-hybridized carbons (Fsp3) is 0.500. The molecule has 2 aliphatic rings. The molecule has 0 aliphatic carbocycles. The van der Waals surface area contributed by atoms with Crippen molar-refractivity contribution in [2.75, 3.05) is 24.5 Å². The van der Waals surface area contributed by atoms with Crippen LogP contribution in [0.15, 0.2) is 30.3 Å². The second-order valence-electron chi connectivity index (χ2n) is 8.16. The van der Waals surface area contributed by atoms with Crippen LogP contribution in [0.25, 0.3) is 0 Å². The second kappa shape index (κ2) is 7.70. The van der Waals surface area contributed by atoms with E-state index < -0.39 is 0 Å².